The number of nitrogens with one attached hydrogen (secondary N) is 1. The van der Waals surface area contributed by atoms with Gasteiger partial charge in [-0.25, -0.2) is 0 Å². The Labute approximate surface area is 117 Å². The Balaban J connectivity index is 2.00. The lowest BCUT2D eigenvalue weighted by molar-refractivity contribution is 0.150. The molecule has 0 aromatic rings. The summed E-state index contributed by atoms with van der Waals surface area (Å²) in [7, 11) is 0. The summed E-state index contributed by atoms with van der Waals surface area (Å²) in [6.07, 6.45) is 9.37. The summed E-state index contributed by atoms with van der Waals surface area (Å²) >= 11 is 2.10. The van der Waals surface area contributed by atoms with E-state index in [1.807, 2.05) is 0 Å². The molecular formula is C15H30N2S. The summed E-state index contributed by atoms with van der Waals surface area (Å²) in [5.74, 6) is 0.752. The van der Waals surface area contributed by atoms with Crippen LogP contribution in [0.3, 0.4) is 0 Å². The van der Waals surface area contributed by atoms with E-state index in [2.05, 4.69) is 42.1 Å². The van der Waals surface area contributed by atoms with Crippen LogP contribution in [-0.4, -0.2) is 48.1 Å². The molecule has 1 saturated heterocycles. The van der Waals surface area contributed by atoms with E-state index >= 15 is 0 Å². The van der Waals surface area contributed by atoms with Crippen LogP contribution >= 0.6 is 11.8 Å². The van der Waals surface area contributed by atoms with Gasteiger partial charge in [-0.05, 0) is 44.5 Å². The molecule has 3 atom stereocenters. The lowest BCUT2D eigenvalue weighted by Crippen LogP contribution is -2.49. The summed E-state index contributed by atoms with van der Waals surface area (Å²) in [6.45, 7) is 8.48. The summed E-state index contributed by atoms with van der Waals surface area (Å²) in [5, 5.41) is 4.61. The Morgan fingerprint density at radius 3 is 2.67 bits per heavy atom. The highest BCUT2D eigenvalue weighted by atomic mass is 32.2. The second kappa shape index (κ2) is 7.16. The van der Waals surface area contributed by atoms with Crippen molar-refractivity contribution in [3.63, 3.8) is 0 Å². The van der Waals surface area contributed by atoms with Gasteiger partial charge in [-0.1, -0.05) is 26.7 Å². The first kappa shape index (κ1) is 14.7. The first-order valence-corrected chi connectivity index (χ1v) is 9.01. The molecule has 0 spiro atoms. The molecule has 2 aliphatic rings. The highest BCUT2D eigenvalue weighted by molar-refractivity contribution is 7.99. The fourth-order valence-corrected chi connectivity index (χ4v) is 4.52. The molecule has 0 bridgehead atoms. The summed E-state index contributed by atoms with van der Waals surface area (Å²) in [4.78, 5) is 2.81. The van der Waals surface area contributed by atoms with Gasteiger partial charge in [0.05, 0.1) is 0 Å². The van der Waals surface area contributed by atoms with Crippen molar-refractivity contribution >= 4 is 11.8 Å². The molecule has 2 rings (SSSR count). The van der Waals surface area contributed by atoms with Crippen molar-refractivity contribution in [1.82, 2.24) is 10.2 Å². The minimum Gasteiger partial charge on any atom is -0.312 e. The van der Waals surface area contributed by atoms with E-state index < -0.39 is 0 Å². The number of hydrogen-bond donors (Lipinski definition) is 1. The lowest BCUT2D eigenvalue weighted by atomic mass is 9.92. The van der Waals surface area contributed by atoms with Crippen LogP contribution in [0.5, 0.6) is 0 Å². The molecule has 0 aromatic heterocycles. The standard InChI is InChI=1S/C15H30N2S/c1-12(2)13-11-17(10-6-9-16-13)14-7-4-5-8-15(14)18-3/h12-16H,4-11H2,1-3H3. The number of thioether (sulfide) groups is 1. The van der Waals surface area contributed by atoms with Crippen LogP contribution in [0.25, 0.3) is 0 Å². The number of rotatable bonds is 3. The first-order valence-electron chi connectivity index (χ1n) is 7.72. The molecule has 1 aliphatic carbocycles. The molecule has 3 heteroatoms. The molecule has 1 saturated carbocycles. The zero-order valence-electron chi connectivity index (χ0n) is 12.3. The van der Waals surface area contributed by atoms with Crippen LogP contribution in [0.2, 0.25) is 0 Å². The van der Waals surface area contributed by atoms with Crippen LogP contribution in [0, 0.1) is 5.92 Å². The molecule has 18 heavy (non-hydrogen) atoms. The van der Waals surface area contributed by atoms with Crippen LogP contribution in [0.4, 0.5) is 0 Å². The molecule has 0 amide bonds. The normalized spacial score (nSPS) is 35.7. The van der Waals surface area contributed by atoms with E-state index in [1.54, 1.807) is 0 Å². The third kappa shape index (κ3) is 3.64. The SMILES string of the molecule is CSC1CCCCC1N1CCCNC(C(C)C)C1. The highest BCUT2D eigenvalue weighted by Gasteiger charge is 2.32. The Bertz CT molecular complexity index is 245. The van der Waals surface area contributed by atoms with Crippen molar-refractivity contribution in [2.24, 2.45) is 5.92 Å². The third-order valence-corrected chi connectivity index (χ3v) is 5.86. The van der Waals surface area contributed by atoms with E-state index in [9.17, 15) is 0 Å². The van der Waals surface area contributed by atoms with Crippen molar-refractivity contribution in [3.05, 3.63) is 0 Å². The van der Waals surface area contributed by atoms with E-state index in [-0.39, 0.29) is 0 Å². The fourth-order valence-electron chi connectivity index (χ4n) is 3.50. The Morgan fingerprint density at radius 2 is 1.94 bits per heavy atom. The average molecular weight is 270 g/mol. The van der Waals surface area contributed by atoms with Crippen molar-refractivity contribution in [1.29, 1.82) is 0 Å². The minimum absolute atomic E-state index is 0.692. The van der Waals surface area contributed by atoms with E-state index in [0.717, 1.165) is 17.2 Å². The summed E-state index contributed by atoms with van der Waals surface area (Å²) in [6, 6.07) is 1.53. The van der Waals surface area contributed by atoms with Crippen molar-refractivity contribution in [2.45, 2.75) is 63.3 Å². The quantitative estimate of drug-likeness (QED) is 0.849. The monoisotopic (exact) mass is 270 g/mol. The van der Waals surface area contributed by atoms with Gasteiger partial charge in [0, 0.05) is 23.9 Å². The predicted octanol–water partition coefficient (Wildman–Crippen LogP) is 2.98. The topological polar surface area (TPSA) is 15.3 Å². The summed E-state index contributed by atoms with van der Waals surface area (Å²) < 4.78 is 0. The average Bonchev–Trinajstić information content (AvgIpc) is 2.64. The molecule has 1 heterocycles. The van der Waals surface area contributed by atoms with Gasteiger partial charge in [-0.3, -0.25) is 4.90 Å². The molecule has 1 aliphatic heterocycles. The van der Waals surface area contributed by atoms with Gasteiger partial charge in [-0.15, -0.1) is 0 Å². The molecule has 0 aromatic carbocycles. The zero-order valence-corrected chi connectivity index (χ0v) is 13.1. The van der Waals surface area contributed by atoms with Gasteiger partial charge in [0.1, 0.15) is 0 Å². The maximum atomic E-state index is 3.73. The van der Waals surface area contributed by atoms with Crippen LogP contribution in [0.15, 0.2) is 0 Å². The van der Waals surface area contributed by atoms with Crippen molar-refractivity contribution in [3.8, 4) is 0 Å². The van der Waals surface area contributed by atoms with Crippen LogP contribution in [-0.2, 0) is 0 Å². The van der Waals surface area contributed by atoms with Gasteiger partial charge in [0.2, 0.25) is 0 Å². The predicted molar refractivity (Wildman–Crippen MR) is 82.4 cm³/mol. The Morgan fingerprint density at radius 1 is 1.17 bits per heavy atom. The molecule has 3 unspecified atom stereocenters. The maximum absolute atomic E-state index is 3.73. The smallest absolute Gasteiger partial charge is 0.0218 e. The molecule has 0 radical (unpaired) electrons. The third-order valence-electron chi connectivity index (χ3n) is 4.70. The van der Waals surface area contributed by atoms with Gasteiger partial charge in [0.15, 0.2) is 0 Å². The van der Waals surface area contributed by atoms with Crippen molar-refractivity contribution < 1.29 is 0 Å². The first-order chi connectivity index (χ1) is 8.72. The molecule has 2 nitrogen and oxygen atoms in total. The van der Waals surface area contributed by atoms with E-state index in [1.165, 1.54) is 51.7 Å². The fraction of sp³-hybridized carbons (Fsp3) is 1.00. The Kier molecular flexibility index (Phi) is 5.84. The van der Waals surface area contributed by atoms with Crippen LogP contribution in [0.1, 0.15) is 46.0 Å². The zero-order chi connectivity index (χ0) is 13.0. The molecule has 2 fully saturated rings. The lowest BCUT2D eigenvalue weighted by Gasteiger charge is -2.40. The van der Waals surface area contributed by atoms with E-state index in [4.69, 9.17) is 0 Å². The van der Waals surface area contributed by atoms with E-state index in [0.29, 0.717) is 6.04 Å². The summed E-state index contributed by atoms with van der Waals surface area (Å²) in [5.41, 5.74) is 0. The van der Waals surface area contributed by atoms with Gasteiger partial charge >= 0.3 is 0 Å². The van der Waals surface area contributed by atoms with Crippen molar-refractivity contribution in [2.75, 3.05) is 25.9 Å². The Hall–Kier alpha value is 0.270. The van der Waals surface area contributed by atoms with Crippen LogP contribution < -0.4 is 5.32 Å². The van der Waals surface area contributed by atoms with Gasteiger partial charge < -0.3 is 5.32 Å². The second-order valence-corrected chi connectivity index (χ2v) is 7.36. The van der Waals surface area contributed by atoms with Gasteiger partial charge in [-0.2, -0.15) is 11.8 Å². The highest BCUT2D eigenvalue weighted by Crippen LogP contribution is 2.31. The molecule has 106 valence electrons. The minimum atomic E-state index is 0.692. The van der Waals surface area contributed by atoms with Gasteiger partial charge in [0.25, 0.3) is 0 Å². The maximum Gasteiger partial charge on any atom is 0.0218 e. The molecule has 1 N–H and O–H groups in total. The largest absolute Gasteiger partial charge is 0.312 e. The second-order valence-electron chi connectivity index (χ2n) is 6.28. The number of nitrogens with zero attached hydrogens (tertiary/aromatic N) is 1. The molecular weight excluding hydrogens is 240 g/mol. The number of hydrogen-bond acceptors (Lipinski definition) is 3.